The van der Waals surface area contributed by atoms with Gasteiger partial charge in [-0.15, -0.1) is 0 Å². The van der Waals surface area contributed by atoms with Gasteiger partial charge in [0.25, 0.3) is 5.91 Å². The number of nitrogens with one attached hydrogen (secondary N) is 2. The predicted molar refractivity (Wildman–Crippen MR) is 131 cm³/mol. The summed E-state index contributed by atoms with van der Waals surface area (Å²) in [6.07, 6.45) is 0. The molecule has 0 aliphatic carbocycles. The van der Waals surface area contributed by atoms with Crippen molar-refractivity contribution in [2.45, 2.75) is 32.4 Å². The Morgan fingerprint density at radius 2 is 1.71 bits per heavy atom. The highest BCUT2D eigenvalue weighted by Crippen LogP contribution is 2.36. The van der Waals surface area contributed by atoms with Gasteiger partial charge in [0.05, 0.1) is 6.04 Å². The molecule has 1 aliphatic rings. The average Bonchev–Trinajstić information content (AvgIpc) is 3.07. The quantitative estimate of drug-likeness (QED) is 0.510. The number of benzene rings is 3. The summed E-state index contributed by atoms with van der Waals surface area (Å²) in [5.41, 5.74) is 2.78. The number of rotatable bonds is 6. The zero-order chi connectivity index (χ0) is 24.5. The summed E-state index contributed by atoms with van der Waals surface area (Å²) in [5.74, 6) is -0.933. The van der Waals surface area contributed by atoms with Crippen LogP contribution >= 0.6 is 11.6 Å². The molecular formula is C27H26ClN3O3. The Labute approximate surface area is 203 Å². The minimum atomic E-state index is -1.41. The van der Waals surface area contributed by atoms with Crippen LogP contribution in [0.2, 0.25) is 5.02 Å². The first-order valence-corrected chi connectivity index (χ1v) is 11.4. The Hall–Kier alpha value is -3.64. The molecule has 6 nitrogen and oxygen atoms in total. The smallest absolute Gasteiger partial charge is 0.326 e. The Bertz CT molecular complexity index is 1260. The first kappa shape index (κ1) is 23.5. The third-order valence-corrected chi connectivity index (χ3v) is 6.52. The summed E-state index contributed by atoms with van der Waals surface area (Å²) in [5, 5.41) is 6.29. The summed E-state index contributed by atoms with van der Waals surface area (Å²) in [6.45, 7) is 5.37. The van der Waals surface area contributed by atoms with Crippen molar-refractivity contribution in [1.82, 2.24) is 15.5 Å². The van der Waals surface area contributed by atoms with E-state index in [1.54, 1.807) is 30.3 Å². The van der Waals surface area contributed by atoms with Crippen molar-refractivity contribution in [3.8, 4) is 0 Å². The van der Waals surface area contributed by atoms with Gasteiger partial charge in [0.1, 0.15) is 6.54 Å². The highest BCUT2D eigenvalue weighted by molar-refractivity contribution is 6.30. The maximum absolute atomic E-state index is 13.8. The lowest BCUT2D eigenvalue weighted by molar-refractivity contribution is -0.134. The van der Waals surface area contributed by atoms with Gasteiger partial charge >= 0.3 is 6.03 Å². The number of nitrogens with zero attached hydrogens (tertiary/aromatic N) is 1. The molecule has 1 saturated heterocycles. The van der Waals surface area contributed by atoms with Crippen LogP contribution in [-0.4, -0.2) is 29.3 Å². The lowest BCUT2D eigenvalue weighted by atomic mass is 9.81. The van der Waals surface area contributed by atoms with Gasteiger partial charge in [-0.2, -0.15) is 0 Å². The van der Waals surface area contributed by atoms with Gasteiger partial charge in [-0.3, -0.25) is 14.5 Å². The lowest BCUT2D eigenvalue weighted by Gasteiger charge is -2.28. The summed E-state index contributed by atoms with van der Waals surface area (Å²) < 4.78 is 0. The number of imide groups is 1. The van der Waals surface area contributed by atoms with Crippen molar-refractivity contribution >= 4 is 29.4 Å². The molecule has 1 heterocycles. The average molecular weight is 476 g/mol. The van der Waals surface area contributed by atoms with Crippen LogP contribution in [0.25, 0.3) is 0 Å². The van der Waals surface area contributed by atoms with Gasteiger partial charge in [0, 0.05) is 5.02 Å². The molecule has 0 unspecified atom stereocenters. The van der Waals surface area contributed by atoms with Crippen LogP contribution in [0.3, 0.4) is 0 Å². The van der Waals surface area contributed by atoms with Crippen LogP contribution in [-0.2, 0) is 15.1 Å². The molecule has 7 heteroatoms. The molecule has 174 valence electrons. The molecule has 0 spiro atoms. The van der Waals surface area contributed by atoms with Gasteiger partial charge in [0.2, 0.25) is 5.91 Å². The van der Waals surface area contributed by atoms with Gasteiger partial charge in [-0.1, -0.05) is 72.3 Å². The molecule has 2 atom stereocenters. The van der Waals surface area contributed by atoms with E-state index in [-0.39, 0.29) is 6.04 Å². The highest BCUT2D eigenvalue weighted by atomic mass is 35.5. The van der Waals surface area contributed by atoms with Crippen LogP contribution in [0, 0.1) is 13.8 Å². The Morgan fingerprint density at radius 3 is 2.38 bits per heavy atom. The number of hydrogen-bond acceptors (Lipinski definition) is 3. The number of halogens is 1. The highest BCUT2D eigenvalue weighted by Gasteiger charge is 2.54. The van der Waals surface area contributed by atoms with Gasteiger partial charge in [-0.05, 0) is 60.7 Å². The molecule has 4 rings (SSSR count). The topological polar surface area (TPSA) is 78.5 Å². The number of hydrogen-bond donors (Lipinski definition) is 2. The molecule has 2 N–H and O–H groups in total. The fraction of sp³-hybridized carbons (Fsp3) is 0.222. The summed E-state index contributed by atoms with van der Waals surface area (Å²) in [7, 11) is 0. The van der Waals surface area contributed by atoms with Crippen molar-refractivity contribution in [2.75, 3.05) is 6.54 Å². The number of carbonyl (C=O) groups excluding carboxylic acids is 3. The van der Waals surface area contributed by atoms with E-state index in [9.17, 15) is 14.4 Å². The molecule has 1 fully saturated rings. The fourth-order valence-corrected chi connectivity index (χ4v) is 4.43. The third kappa shape index (κ3) is 4.29. The minimum Gasteiger partial charge on any atom is -0.348 e. The zero-order valence-corrected chi connectivity index (χ0v) is 20.0. The van der Waals surface area contributed by atoms with E-state index in [1.165, 1.54) is 0 Å². The largest absolute Gasteiger partial charge is 0.348 e. The summed E-state index contributed by atoms with van der Waals surface area (Å²) in [4.78, 5) is 40.6. The second kappa shape index (κ2) is 9.31. The first-order chi connectivity index (χ1) is 16.2. The van der Waals surface area contributed by atoms with E-state index in [2.05, 4.69) is 10.6 Å². The van der Waals surface area contributed by atoms with Crippen molar-refractivity contribution in [1.29, 1.82) is 0 Å². The van der Waals surface area contributed by atoms with Gasteiger partial charge in [-0.25, -0.2) is 4.79 Å². The number of urea groups is 1. The Kier molecular flexibility index (Phi) is 6.44. The summed E-state index contributed by atoms with van der Waals surface area (Å²) >= 11 is 6.05. The maximum atomic E-state index is 13.8. The maximum Gasteiger partial charge on any atom is 0.326 e. The van der Waals surface area contributed by atoms with E-state index in [0.29, 0.717) is 16.1 Å². The van der Waals surface area contributed by atoms with Gasteiger partial charge < -0.3 is 10.6 Å². The standard InChI is InChI=1S/C27H26ClN3O3/c1-17-12-13-22(14-18(17)2)27(21-9-5-4-6-10-21)25(33)31(26(34)30-27)16-24(32)29-19(3)20-8-7-11-23(28)15-20/h4-15,19H,16H2,1-3H3,(H,29,32)(H,30,34)/t19-,27+/m1/s1. The molecular weight excluding hydrogens is 450 g/mol. The van der Waals surface area contributed by atoms with Crippen molar-refractivity contribution in [2.24, 2.45) is 0 Å². The molecule has 4 amide bonds. The number of carbonyl (C=O) groups is 3. The SMILES string of the molecule is Cc1ccc([C@]2(c3ccccc3)NC(=O)N(CC(=O)N[C@H](C)c3cccc(Cl)c3)C2=O)cc1C. The van der Waals surface area contributed by atoms with E-state index in [1.807, 2.05) is 63.2 Å². The second-order valence-electron chi connectivity index (χ2n) is 8.58. The van der Waals surface area contributed by atoms with Crippen molar-refractivity contribution in [3.63, 3.8) is 0 Å². The van der Waals surface area contributed by atoms with E-state index in [4.69, 9.17) is 11.6 Å². The van der Waals surface area contributed by atoms with E-state index >= 15 is 0 Å². The first-order valence-electron chi connectivity index (χ1n) is 11.0. The van der Waals surface area contributed by atoms with Crippen LogP contribution in [0.5, 0.6) is 0 Å². The van der Waals surface area contributed by atoms with Crippen molar-refractivity contribution < 1.29 is 14.4 Å². The van der Waals surface area contributed by atoms with Crippen LogP contribution in [0.4, 0.5) is 4.79 Å². The normalized spacial score (nSPS) is 18.5. The molecule has 3 aromatic carbocycles. The Morgan fingerprint density at radius 1 is 0.971 bits per heavy atom. The molecule has 34 heavy (non-hydrogen) atoms. The van der Waals surface area contributed by atoms with Crippen LogP contribution < -0.4 is 10.6 Å². The fourth-order valence-electron chi connectivity index (χ4n) is 4.23. The number of amides is 4. The molecule has 3 aromatic rings. The number of aryl methyl sites for hydroxylation is 2. The van der Waals surface area contributed by atoms with Gasteiger partial charge in [0.15, 0.2) is 5.54 Å². The third-order valence-electron chi connectivity index (χ3n) is 6.28. The second-order valence-corrected chi connectivity index (χ2v) is 9.02. The summed E-state index contributed by atoms with van der Waals surface area (Å²) in [6, 6.07) is 21.0. The molecule has 0 radical (unpaired) electrons. The zero-order valence-electron chi connectivity index (χ0n) is 19.3. The molecule has 1 aliphatic heterocycles. The molecule has 0 aromatic heterocycles. The predicted octanol–water partition coefficient (Wildman–Crippen LogP) is 4.63. The van der Waals surface area contributed by atoms with E-state index in [0.717, 1.165) is 21.6 Å². The lowest BCUT2D eigenvalue weighted by Crippen LogP contribution is -2.46. The monoisotopic (exact) mass is 475 g/mol. The molecule has 0 saturated carbocycles. The van der Waals surface area contributed by atoms with Crippen LogP contribution in [0.1, 0.15) is 40.8 Å². The Balaban J connectivity index is 1.63. The van der Waals surface area contributed by atoms with Crippen molar-refractivity contribution in [3.05, 3.63) is 106 Å². The van der Waals surface area contributed by atoms with Crippen LogP contribution in [0.15, 0.2) is 72.8 Å². The van der Waals surface area contributed by atoms with E-state index < -0.39 is 29.9 Å². The minimum absolute atomic E-state index is 0.342. The molecule has 0 bridgehead atoms.